The van der Waals surface area contributed by atoms with Crippen molar-refractivity contribution < 1.29 is 13.2 Å². The van der Waals surface area contributed by atoms with Crippen LogP contribution in [-0.2, 0) is 0 Å². The lowest BCUT2D eigenvalue weighted by Gasteiger charge is -2.16. The molecule has 0 aliphatic carbocycles. The largest absolute Gasteiger partial charge is 0.271 e. The second kappa shape index (κ2) is 5.27. The van der Waals surface area contributed by atoms with Crippen molar-refractivity contribution in [2.75, 3.05) is 0 Å². The number of hydrazine groups is 1. The van der Waals surface area contributed by atoms with E-state index in [0.29, 0.717) is 9.90 Å². The third-order valence-corrected chi connectivity index (χ3v) is 3.84. The summed E-state index contributed by atoms with van der Waals surface area (Å²) in [5.41, 5.74) is 2.57. The van der Waals surface area contributed by atoms with E-state index in [9.17, 15) is 13.2 Å². The fraction of sp³-hybridized carbons (Fsp3) is 0.0909. The van der Waals surface area contributed by atoms with Gasteiger partial charge in [0.15, 0.2) is 17.5 Å². The smallest absolute Gasteiger partial charge is 0.194 e. The van der Waals surface area contributed by atoms with Crippen LogP contribution in [0.25, 0.3) is 0 Å². The van der Waals surface area contributed by atoms with Crippen molar-refractivity contribution in [3.05, 3.63) is 56.5 Å². The Hall–Kier alpha value is -1.08. The number of nitrogens with two attached hydrogens (primary N) is 1. The third-order valence-electron chi connectivity index (χ3n) is 2.41. The van der Waals surface area contributed by atoms with Crippen LogP contribution in [0.2, 0.25) is 5.02 Å². The van der Waals surface area contributed by atoms with Gasteiger partial charge in [-0.3, -0.25) is 5.84 Å². The van der Waals surface area contributed by atoms with E-state index < -0.39 is 23.5 Å². The van der Waals surface area contributed by atoms with Gasteiger partial charge in [0, 0.05) is 4.88 Å². The molecule has 1 atom stereocenters. The molecule has 3 N–H and O–H groups in total. The van der Waals surface area contributed by atoms with E-state index in [2.05, 4.69) is 5.43 Å². The molecule has 0 amide bonds. The summed E-state index contributed by atoms with van der Waals surface area (Å²) in [6.07, 6.45) is 0. The van der Waals surface area contributed by atoms with Crippen LogP contribution in [-0.4, -0.2) is 0 Å². The molecule has 0 radical (unpaired) electrons. The summed E-state index contributed by atoms with van der Waals surface area (Å²) < 4.78 is 39.2. The average molecular weight is 293 g/mol. The van der Waals surface area contributed by atoms with E-state index in [-0.39, 0.29) is 5.56 Å². The number of nitrogens with one attached hydrogen (secondary N) is 1. The summed E-state index contributed by atoms with van der Waals surface area (Å²) in [6, 6.07) is 2.72. The maximum atomic E-state index is 13.2. The highest BCUT2D eigenvalue weighted by molar-refractivity contribution is 7.10. The van der Waals surface area contributed by atoms with Crippen LogP contribution in [0, 0.1) is 17.5 Å². The van der Waals surface area contributed by atoms with Gasteiger partial charge in [-0.05, 0) is 29.1 Å². The zero-order chi connectivity index (χ0) is 13.3. The molecule has 2 aromatic rings. The summed E-state index contributed by atoms with van der Waals surface area (Å²) in [6.45, 7) is 0. The highest BCUT2D eigenvalue weighted by Gasteiger charge is 2.20. The van der Waals surface area contributed by atoms with Crippen molar-refractivity contribution in [3.8, 4) is 0 Å². The van der Waals surface area contributed by atoms with Gasteiger partial charge in [0.2, 0.25) is 0 Å². The van der Waals surface area contributed by atoms with Gasteiger partial charge in [0.05, 0.1) is 11.1 Å². The molecule has 0 aliphatic heterocycles. The minimum Gasteiger partial charge on any atom is -0.271 e. The second-order valence-electron chi connectivity index (χ2n) is 3.53. The summed E-state index contributed by atoms with van der Waals surface area (Å²) in [4.78, 5) is 0.601. The molecule has 0 bridgehead atoms. The first-order chi connectivity index (χ1) is 8.54. The molecule has 1 aromatic carbocycles. The first-order valence-corrected chi connectivity index (χ1v) is 6.13. The summed E-state index contributed by atoms with van der Waals surface area (Å²) >= 11 is 7.21. The zero-order valence-electron chi connectivity index (χ0n) is 8.88. The minimum atomic E-state index is -1.51. The number of hydrogen-bond acceptors (Lipinski definition) is 3. The first kappa shape index (κ1) is 13.4. The van der Waals surface area contributed by atoms with Gasteiger partial charge < -0.3 is 0 Å². The molecule has 0 spiro atoms. The molecule has 0 saturated heterocycles. The Morgan fingerprint density at radius 2 is 1.83 bits per heavy atom. The zero-order valence-corrected chi connectivity index (χ0v) is 10.5. The maximum Gasteiger partial charge on any atom is 0.194 e. The maximum absolute atomic E-state index is 13.2. The predicted molar refractivity (Wildman–Crippen MR) is 64.8 cm³/mol. The number of benzene rings is 1. The summed E-state index contributed by atoms with van der Waals surface area (Å²) in [5.74, 6) is 1.32. The van der Waals surface area contributed by atoms with E-state index >= 15 is 0 Å². The quantitative estimate of drug-likeness (QED) is 0.517. The molecule has 0 saturated carbocycles. The number of halogens is 4. The van der Waals surface area contributed by atoms with Crippen LogP contribution in [0.1, 0.15) is 16.5 Å². The number of rotatable bonds is 3. The van der Waals surface area contributed by atoms with Crippen LogP contribution in [0.5, 0.6) is 0 Å². The van der Waals surface area contributed by atoms with Crippen molar-refractivity contribution in [2.45, 2.75) is 6.04 Å². The first-order valence-electron chi connectivity index (χ1n) is 4.88. The standard InChI is InChI=1S/C11H8ClF3N2S/c12-6-1-2-18-11(6)10(17-16)5-3-7(13)9(15)8(14)4-5/h1-4,10,17H,16H2. The van der Waals surface area contributed by atoms with E-state index in [1.54, 1.807) is 11.4 Å². The van der Waals surface area contributed by atoms with Gasteiger partial charge in [0.1, 0.15) is 0 Å². The van der Waals surface area contributed by atoms with Gasteiger partial charge in [-0.15, -0.1) is 11.3 Å². The van der Waals surface area contributed by atoms with Gasteiger partial charge >= 0.3 is 0 Å². The molecule has 1 unspecified atom stereocenters. The van der Waals surface area contributed by atoms with Crippen LogP contribution < -0.4 is 11.3 Å². The Bertz CT molecular complexity index is 550. The second-order valence-corrected chi connectivity index (χ2v) is 4.89. The lowest BCUT2D eigenvalue weighted by Crippen LogP contribution is -2.28. The fourth-order valence-electron chi connectivity index (χ4n) is 1.58. The normalized spacial score (nSPS) is 12.7. The Kier molecular flexibility index (Phi) is 3.91. The van der Waals surface area contributed by atoms with E-state index in [0.717, 1.165) is 12.1 Å². The third kappa shape index (κ3) is 2.37. The van der Waals surface area contributed by atoms with Crippen LogP contribution in [0.15, 0.2) is 23.6 Å². The Labute approximate surface area is 110 Å². The highest BCUT2D eigenvalue weighted by Crippen LogP contribution is 2.33. The number of thiophene rings is 1. The molecule has 18 heavy (non-hydrogen) atoms. The Morgan fingerprint density at radius 3 is 2.28 bits per heavy atom. The lowest BCUT2D eigenvalue weighted by atomic mass is 10.1. The Morgan fingerprint density at radius 1 is 1.22 bits per heavy atom. The lowest BCUT2D eigenvalue weighted by molar-refractivity contribution is 0.443. The van der Waals surface area contributed by atoms with E-state index in [1.807, 2.05) is 0 Å². The molecular weight excluding hydrogens is 285 g/mol. The molecule has 7 heteroatoms. The molecule has 96 valence electrons. The molecule has 1 aromatic heterocycles. The number of hydrogen-bond donors (Lipinski definition) is 2. The van der Waals surface area contributed by atoms with Crippen LogP contribution in [0.4, 0.5) is 13.2 Å². The predicted octanol–water partition coefficient (Wildman–Crippen LogP) is 3.37. The molecular formula is C11H8ClF3N2S. The molecule has 1 heterocycles. The molecule has 2 rings (SSSR count). The monoisotopic (exact) mass is 292 g/mol. The van der Waals surface area contributed by atoms with Crippen molar-refractivity contribution in [2.24, 2.45) is 5.84 Å². The van der Waals surface area contributed by atoms with Crippen molar-refractivity contribution in [1.29, 1.82) is 0 Å². The van der Waals surface area contributed by atoms with Crippen molar-refractivity contribution in [1.82, 2.24) is 5.43 Å². The Balaban J connectivity index is 2.49. The van der Waals surface area contributed by atoms with E-state index in [4.69, 9.17) is 17.4 Å². The van der Waals surface area contributed by atoms with Gasteiger partial charge in [-0.2, -0.15) is 0 Å². The molecule has 0 fully saturated rings. The fourth-order valence-corrected chi connectivity index (χ4v) is 2.83. The highest BCUT2D eigenvalue weighted by atomic mass is 35.5. The summed E-state index contributed by atoms with van der Waals surface area (Å²) in [7, 11) is 0. The summed E-state index contributed by atoms with van der Waals surface area (Å²) in [5, 5.41) is 2.14. The van der Waals surface area contributed by atoms with Gasteiger partial charge in [-0.25, -0.2) is 18.6 Å². The van der Waals surface area contributed by atoms with Crippen LogP contribution in [0.3, 0.4) is 0 Å². The SMILES string of the molecule is NNC(c1cc(F)c(F)c(F)c1)c1sccc1Cl. The molecule has 2 nitrogen and oxygen atoms in total. The molecule has 0 aliphatic rings. The van der Waals surface area contributed by atoms with Gasteiger partial charge in [-0.1, -0.05) is 11.6 Å². The van der Waals surface area contributed by atoms with Crippen molar-refractivity contribution in [3.63, 3.8) is 0 Å². The van der Waals surface area contributed by atoms with E-state index in [1.165, 1.54) is 11.3 Å². The topological polar surface area (TPSA) is 38.0 Å². The average Bonchev–Trinajstić information content (AvgIpc) is 2.74. The van der Waals surface area contributed by atoms with Crippen molar-refractivity contribution >= 4 is 22.9 Å². The van der Waals surface area contributed by atoms with Gasteiger partial charge in [0.25, 0.3) is 0 Å². The van der Waals surface area contributed by atoms with Crippen LogP contribution >= 0.6 is 22.9 Å². The minimum absolute atomic E-state index is 0.165.